The van der Waals surface area contributed by atoms with Crippen LogP contribution in [0.2, 0.25) is 0 Å². The van der Waals surface area contributed by atoms with Crippen LogP contribution in [0.15, 0.2) is 46.2 Å². The number of para-hydroxylation sites is 1. The predicted octanol–water partition coefficient (Wildman–Crippen LogP) is 4.86. The van der Waals surface area contributed by atoms with Gasteiger partial charge in [0.25, 0.3) is 0 Å². The minimum absolute atomic E-state index is 1.06. The van der Waals surface area contributed by atoms with E-state index >= 15 is 0 Å². The van der Waals surface area contributed by atoms with Crippen molar-refractivity contribution in [2.24, 2.45) is 0 Å². The number of rotatable bonds is 4. The number of fused-ring (bicyclic) bond motifs is 2. The molecule has 3 heteroatoms. The van der Waals surface area contributed by atoms with Crippen LogP contribution in [0.1, 0.15) is 17.5 Å². The zero-order chi connectivity index (χ0) is 15.7. The van der Waals surface area contributed by atoms with Crippen LogP contribution in [0.25, 0.3) is 0 Å². The molecule has 1 heterocycles. The molecule has 0 saturated heterocycles. The monoisotopic (exact) mass is 312 g/mol. The first-order chi connectivity index (χ1) is 10.6. The summed E-state index contributed by atoms with van der Waals surface area (Å²) < 4.78 is 0. The summed E-state index contributed by atoms with van der Waals surface area (Å²) in [6, 6.07) is 13.4. The van der Waals surface area contributed by atoms with Crippen LogP contribution in [0, 0.1) is 13.8 Å². The van der Waals surface area contributed by atoms with Crippen LogP contribution in [0.3, 0.4) is 0 Å². The van der Waals surface area contributed by atoms with Gasteiger partial charge in [-0.2, -0.15) is 0 Å². The highest BCUT2D eigenvalue weighted by atomic mass is 32.2. The Morgan fingerprint density at radius 3 is 2.45 bits per heavy atom. The molecule has 0 amide bonds. The van der Waals surface area contributed by atoms with E-state index in [1.165, 1.54) is 38.7 Å². The summed E-state index contributed by atoms with van der Waals surface area (Å²) in [4.78, 5) is 7.50. The smallest absolute Gasteiger partial charge is 0.0555 e. The van der Waals surface area contributed by atoms with Crippen molar-refractivity contribution in [3.05, 3.63) is 47.5 Å². The number of hydrogen-bond donors (Lipinski definition) is 0. The molecule has 2 aromatic carbocycles. The van der Waals surface area contributed by atoms with Gasteiger partial charge in [-0.05, 0) is 76.3 Å². The third-order valence-corrected chi connectivity index (χ3v) is 5.34. The van der Waals surface area contributed by atoms with Gasteiger partial charge < -0.3 is 9.80 Å². The molecular formula is C19H24N2S. The SMILES string of the molecule is Cc1cc2c(cc1C)N(CCCN(C)C)c1ccccc1S2. The average molecular weight is 312 g/mol. The molecule has 1 aliphatic heterocycles. The summed E-state index contributed by atoms with van der Waals surface area (Å²) in [5.74, 6) is 0. The fourth-order valence-corrected chi connectivity index (χ4v) is 4.04. The van der Waals surface area contributed by atoms with Gasteiger partial charge >= 0.3 is 0 Å². The van der Waals surface area contributed by atoms with E-state index in [2.05, 4.69) is 74.1 Å². The zero-order valence-electron chi connectivity index (χ0n) is 13.9. The van der Waals surface area contributed by atoms with E-state index in [0.717, 1.165) is 13.1 Å². The van der Waals surface area contributed by atoms with Crippen molar-refractivity contribution in [2.45, 2.75) is 30.1 Å². The minimum Gasteiger partial charge on any atom is -0.340 e. The van der Waals surface area contributed by atoms with Crippen LogP contribution in [0.4, 0.5) is 11.4 Å². The van der Waals surface area contributed by atoms with Crippen LogP contribution < -0.4 is 4.90 Å². The third-order valence-electron chi connectivity index (χ3n) is 4.23. The highest BCUT2D eigenvalue weighted by molar-refractivity contribution is 7.99. The Morgan fingerprint density at radius 1 is 0.955 bits per heavy atom. The van der Waals surface area contributed by atoms with Crippen molar-refractivity contribution in [1.82, 2.24) is 4.90 Å². The standard InChI is InChI=1S/C19H24N2S/c1-14-12-17-19(13-15(14)2)22-18-9-6-5-8-16(18)21(17)11-7-10-20(3)4/h5-6,8-9,12-13H,7,10-11H2,1-4H3. The summed E-state index contributed by atoms with van der Waals surface area (Å²) in [7, 11) is 4.28. The van der Waals surface area contributed by atoms with Gasteiger partial charge in [0, 0.05) is 16.3 Å². The molecule has 0 spiro atoms. The van der Waals surface area contributed by atoms with Gasteiger partial charge in [0.15, 0.2) is 0 Å². The molecule has 0 aromatic heterocycles. The first-order valence-corrected chi connectivity index (χ1v) is 8.68. The molecule has 0 fully saturated rings. The molecule has 0 unspecified atom stereocenters. The Bertz CT molecular complexity index is 679. The van der Waals surface area contributed by atoms with E-state index in [4.69, 9.17) is 0 Å². The Labute approximate surface area is 138 Å². The van der Waals surface area contributed by atoms with E-state index < -0.39 is 0 Å². The van der Waals surface area contributed by atoms with E-state index in [1.807, 2.05) is 11.8 Å². The molecule has 2 aromatic rings. The second-order valence-electron chi connectivity index (χ2n) is 6.28. The Balaban J connectivity index is 1.98. The fourth-order valence-electron chi connectivity index (χ4n) is 2.87. The quantitative estimate of drug-likeness (QED) is 0.796. The first kappa shape index (κ1) is 15.4. The maximum absolute atomic E-state index is 2.50. The minimum atomic E-state index is 1.06. The molecule has 0 bridgehead atoms. The predicted molar refractivity (Wildman–Crippen MR) is 96.7 cm³/mol. The lowest BCUT2D eigenvalue weighted by Gasteiger charge is -2.33. The molecule has 0 atom stereocenters. The number of anilines is 2. The van der Waals surface area contributed by atoms with Crippen molar-refractivity contribution < 1.29 is 0 Å². The largest absolute Gasteiger partial charge is 0.340 e. The lowest BCUT2D eigenvalue weighted by molar-refractivity contribution is 0.402. The van der Waals surface area contributed by atoms with Gasteiger partial charge in [0.05, 0.1) is 11.4 Å². The van der Waals surface area contributed by atoms with E-state index in [9.17, 15) is 0 Å². The average Bonchev–Trinajstić information content (AvgIpc) is 2.48. The summed E-state index contributed by atoms with van der Waals surface area (Å²) in [6.07, 6.45) is 1.17. The van der Waals surface area contributed by atoms with Crippen molar-refractivity contribution in [3.63, 3.8) is 0 Å². The van der Waals surface area contributed by atoms with E-state index in [0.29, 0.717) is 0 Å². The van der Waals surface area contributed by atoms with Crippen molar-refractivity contribution in [1.29, 1.82) is 0 Å². The summed E-state index contributed by atoms with van der Waals surface area (Å²) >= 11 is 1.90. The zero-order valence-corrected chi connectivity index (χ0v) is 14.7. The Morgan fingerprint density at radius 2 is 1.68 bits per heavy atom. The van der Waals surface area contributed by atoms with Crippen molar-refractivity contribution in [2.75, 3.05) is 32.1 Å². The summed E-state index contributed by atoms with van der Waals surface area (Å²) in [5.41, 5.74) is 5.46. The van der Waals surface area contributed by atoms with Crippen LogP contribution in [-0.2, 0) is 0 Å². The number of nitrogens with zero attached hydrogens (tertiary/aromatic N) is 2. The van der Waals surface area contributed by atoms with Gasteiger partial charge in [-0.1, -0.05) is 23.9 Å². The van der Waals surface area contributed by atoms with Gasteiger partial charge in [-0.3, -0.25) is 0 Å². The molecule has 22 heavy (non-hydrogen) atoms. The number of benzene rings is 2. The first-order valence-electron chi connectivity index (χ1n) is 7.86. The molecule has 116 valence electrons. The summed E-state index contributed by atoms with van der Waals surface area (Å²) in [6.45, 7) is 6.59. The molecule has 0 N–H and O–H groups in total. The molecule has 0 aliphatic carbocycles. The number of aryl methyl sites for hydroxylation is 2. The van der Waals surface area contributed by atoms with E-state index in [1.54, 1.807) is 0 Å². The lowest BCUT2D eigenvalue weighted by atomic mass is 10.1. The molecular weight excluding hydrogens is 288 g/mol. The molecule has 1 aliphatic rings. The van der Waals surface area contributed by atoms with Crippen LogP contribution in [0.5, 0.6) is 0 Å². The van der Waals surface area contributed by atoms with Gasteiger partial charge in [-0.15, -0.1) is 0 Å². The Kier molecular flexibility index (Phi) is 4.46. The fraction of sp³-hybridized carbons (Fsp3) is 0.368. The second kappa shape index (κ2) is 6.35. The van der Waals surface area contributed by atoms with Crippen molar-refractivity contribution in [3.8, 4) is 0 Å². The molecule has 3 rings (SSSR count). The van der Waals surface area contributed by atoms with Gasteiger partial charge in [-0.25, -0.2) is 0 Å². The van der Waals surface area contributed by atoms with Gasteiger partial charge in [0.1, 0.15) is 0 Å². The highest BCUT2D eigenvalue weighted by Crippen LogP contribution is 2.48. The molecule has 2 nitrogen and oxygen atoms in total. The lowest BCUT2D eigenvalue weighted by Crippen LogP contribution is -2.25. The highest BCUT2D eigenvalue weighted by Gasteiger charge is 2.23. The van der Waals surface area contributed by atoms with Crippen LogP contribution >= 0.6 is 11.8 Å². The Hall–Kier alpha value is -1.45. The third kappa shape index (κ3) is 3.01. The molecule has 0 saturated carbocycles. The van der Waals surface area contributed by atoms with Crippen molar-refractivity contribution >= 4 is 23.1 Å². The topological polar surface area (TPSA) is 6.48 Å². The maximum atomic E-state index is 2.50. The number of hydrogen-bond acceptors (Lipinski definition) is 3. The maximum Gasteiger partial charge on any atom is 0.0555 e. The normalized spacial score (nSPS) is 13.2. The second-order valence-corrected chi connectivity index (χ2v) is 7.37. The van der Waals surface area contributed by atoms with Crippen LogP contribution in [-0.4, -0.2) is 32.1 Å². The molecule has 0 radical (unpaired) electrons. The van der Waals surface area contributed by atoms with E-state index in [-0.39, 0.29) is 0 Å². The summed E-state index contributed by atoms with van der Waals surface area (Å²) in [5, 5.41) is 0. The van der Waals surface area contributed by atoms with Gasteiger partial charge in [0.2, 0.25) is 0 Å².